The van der Waals surface area contributed by atoms with E-state index in [4.69, 9.17) is 5.73 Å². The van der Waals surface area contributed by atoms with Crippen LogP contribution >= 0.6 is 0 Å². The van der Waals surface area contributed by atoms with Crippen LogP contribution < -0.4 is 11.1 Å². The van der Waals surface area contributed by atoms with Crippen molar-refractivity contribution in [1.29, 1.82) is 0 Å². The van der Waals surface area contributed by atoms with Crippen LogP contribution in [0.2, 0.25) is 0 Å². The van der Waals surface area contributed by atoms with Gasteiger partial charge in [-0.25, -0.2) is 0 Å². The van der Waals surface area contributed by atoms with Gasteiger partial charge < -0.3 is 11.1 Å². The number of aromatic nitrogens is 1. The quantitative estimate of drug-likeness (QED) is 0.780. The topological polar surface area (TPSA) is 68.0 Å². The highest BCUT2D eigenvalue weighted by Gasteiger charge is 2.09. The Morgan fingerprint density at radius 2 is 2.28 bits per heavy atom. The Hall–Kier alpha value is -1.42. The van der Waals surface area contributed by atoms with Crippen LogP contribution in [0.5, 0.6) is 0 Å². The molecular formula is C14H23N3O. The summed E-state index contributed by atoms with van der Waals surface area (Å²) >= 11 is 0. The summed E-state index contributed by atoms with van der Waals surface area (Å²) in [6, 6.07) is 1.82. The Balaban J connectivity index is 2.40. The monoisotopic (exact) mass is 249 g/mol. The van der Waals surface area contributed by atoms with E-state index >= 15 is 0 Å². The lowest BCUT2D eigenvalue weighted by Gasteiger charge is -2.13. The first-order valence-electron chi connectivity index (χ1n) is 6.57. The van der Waals surface area contributed by atoms with E-state index in [-0.39, 0.29) is 5.91 Å². The van der Waals surface area contributed by atoms with Crippen LogP contribution in [0.1, 0.15) is 38.2 Å². The molecule has 1 amide bonds. The fourth-order valence-electron chi connectivity index (χ4n) is 1.95. The zero-order chi connectivity index (χ0) is 13.4. The van der Waals surface area contributed by atoms with E-state index in [0.29, 0.717) is 18.9 Å². The number of aryl methyl sites for hydroxylation is 1. The van der Waals surface area contributed by atoms with Gasteiger partial charge >= 0.3 is 0 Å². The number of pyridine rings is 1. The smallest absolute Gasteiger partial charge is 0.224 e. The fraction of sp³-hybridized carbons (Fsp3) is 0.571. The highest BCUT2D eigenvalue weighted by Crippen LogP contribution is 2.16. The number of hydrogen-bond acceptors (Lipinski definition) is 3. The molecule has 0 saturated carbocycles. The van der Waals surface area contributed by atoms with Crippen molar-refractivity contribution in [2.45, 2.75) is 39.5 Å². The van der Waals surface area contributed by atoms with Gasteiger partial charge in [0.15, 0.2) is 0 Å². The lowest BCUT2D eigenvalue weighted by molar-refractivity contribution is -0.116. The summed E-state index contributed by atoms with van der Waals surface area (Å²) in [6.45, 7) is 4.78. The molecule has 0 saturated heterocycles. The zero-order valence-electron chi connectivity index (χ0n) is 11.3. The lowest BCUT2D eigenvalue weighted by atomic mass is 9.96. The van der Waals surface area contributed by atoms with Gasteiger partial charge in [-0.05, 0) is 43.9 Å². The molecule has 0 bridgehead atoms. The molecule has 1 rings (SSSR count). The molecule has 100 valence electrons. The van der Waals surface area contributed by atoms with Crippen molar-refractivity contribution in [3.8, 4) is 0 Å². The van der Waals surface area contributed by atoms with Crippen LogP contribution in [0, 0.1) is 12.8 Å². The normalized spacial score (nSPS) is 12.2. The molecule has 1 aromatic rings. The van der Waals surface area contributed by atoms with Crippen LogP contribution in [0.25, 0.3) is 0 Å². The number of anilines is 1. The molecule has 1 heterocycles. The first-order valence-corrected chi connectivity index (χ1v) is 6.57. The van der Waals surface area contributed by atoms with Crippen molar-refractivity contribution in [2.24, 2.45) is 11.7 Å². The minimum Gasteiger partial charge on any atom is -0.330 e. The second-order valence-corrected chi connectivity index (χ2v) is 4.63. The second kappa shape index (κ2) is 7.82. The molecule has 3 N–H and O–H groups in total. The summed E-state index contributed by atoms with van der Waals surface area (Å²) in [5, 5.41) is 2.92. The van der Waals surface area contributed by atoms with Crippen molar-refractivity contribution in [3.63, 3.8) is 0 Å². The Bertz CT molecular complexity index is 379. The average Bonchev–Trinajstić information content (AvgIpc) is 2.37. The van der Waals surface area contributed by atoms with Crippen molar-refractivity contribution in [2.75, 3.05) is 11.9 Å². The molecule has 4 heteroatoms. The summed E-state index contributed by atoms with van der Waals surface area (Å²) in [7, 11) is 0. The largest absolute Gasteiger partial charge is 0.330 e. The van der Waals surface area contributed by atoms with Crippen LogP contribution in [0.3, 0.4) is 0 Å². The fourth-order valence-corrected chi connectivity index (χ4v) is 1.95. The van der Waals surface area contributed by atoms with Crippen LogP contribution in [0.4, 0.5) is 5.69 Å². The summed E-state index contributed by atoms with van der Waals surface area (Å²) < 4.78 is 0. The van der Waals surface area contributed by atoms with E-state index in [9.17, 15) is 4.79 Å². The lowest BCUT2D eigenvalue weighted by Crippen LogP contribution is -2.15. The standard InChI is InChI=1S/C14H23N3O/c1-3-12(6-8-15)4-5-14(18)17-13-7-9-16-10-11(13)2/h7,9-10,12H,3-6,8,15H2,1-2H3,(H,16,17,18). The Morgan fingerprint density at radius 1 is 1.50 bits per heavy atom. The van der Waals surface area contributed by atoms with Crippen molar-refractivity contribution in [1.82, 2.24) is 4.98 Å². The number of carbonyl (C=O) groups excluding carboxylic acids is 1. The van der Waals surface area contributed by atoms with Gasteiger partial charge in [-0.3, -0.25) is 9.78 Å². The predicted molar refractivity (Wildman–Crippen MR) is 74.3 cm³/mol. The highest BCUT2D eigenvalue weighted by atomic mass is 16.1. The summed E-state index contributed by atoms with van der Waals surface area (Å²) in [5.41, 5.74) is 7.38. The molecule has 18 heavy (non-hydrogen) atoms. The number of hydrogen-bond donors (Lipinski definition) is 2. The number of nitrogens with two attached hydrogens (primary N) is 1. The van der Waals surface area contributed by atoms with Gasteiger partial charge in [-0.2, -0.15) is 0 Å². The van der Waals surface area contributed by atoms with Crippen molar-refractivity contribution in [3.05, 3.63) is 24.0 Å². The molecule has 0 aliphatic rings. The van der Waals surface area contributed by atoms with E-state index in [1.165, 1.54) is 0 Å². The van der Waals surface area contributed by atoms with E-state index < -0.39 is 0 Å². The van der Waals surface area contributed by atoms with E-state index in [1.54, 1.807) is 12.4 Å². The van der Waals surface area contributed by atoms with Crippen LogP contribution in [-0.4, -0.2) is 17.4 Å². The summed E-state index contributed by atoms with van der Waals surface area (Å²) in [4.78, 5) is 15.8. The molecule has 4 nitrogen and oxygen atoms in total. The van der Waals surface area contributed by atoms with Crippen LogP contribution in [0.15, 0.2) is 18.5 Å². The molecule has 0 aliphatic carbocycles. The minimum atomic E-state index is 0.0692. The molecule has 0 spiro atoms. The minimum absolute atomic E-state index is 0.0692. The summed E-state index contributed by atoms with van der Waals surface area (Å²) in [6.07, 6.45) is 6.98. The first kappa shape index (κ1) is 14.6. The molecular weight excluding hydrogens is 226 g/mol. The molecule has 0 fully saturated rings. The average molecular weight is 249 g/mol. The second-order valence-electron chi connectivity index (χ2n) is 4.63. The van der Waals surface area contributed by atoms with Crippen LogP contribution in [-0.2, 0) is 4.79 Å². The van der Waals surface area contributed by atoms with Gasteiger partial charge in [0.25, 0.3) is 0 Å². The first-order chi connectivity index (χ1) is 8.67. The third-order valence-electron chi connectivity index (χ3n) is 3.23. The number of rotatable bonds is 7. The van der Waals surface area contributed by atoms with Gasteiger partial charge in [-0.1, -0.05) is 13.3 Å². The third-order valence-corrected chi connectivity index (χ3v) is 3.23. The zero-order valence-corrected chi connectivity index (χ0v) is 11.3. The van der Waals surface area contributed by atoms with Gasteiger partial charge in [0.2, 0.25) is 5.91 Å². The Kier molecular flexibility index (Phi) is 6.36. The van der Waals surface area contributed by atoms with E-state index in [1.807, 2.05) is 13.0 Å². The third kappa shape index (κ3) is 4.84. The van der Waals surface area contributed by atoms with Gasteiger partial charge in [0, 0.05) is 24.5 Å². The molecule has 0 radical (unpaired) electrons. The maximum absolute atomic E-state index is 11.8. The summed E-state index contributed by atoms with van der Waals surface area (Å²) in [5.74, 6) is 0.624. The maximum Gasteiger partial charge on any atom is 0.224 e. The number of nitrogens with one attached hydrogen (secondary N) is 1. The van der Waals surface area contributed by atoms with Gasteiger partial charge in [0.1, 0.15) is 0 Å². The van der Waals surface area contributed by atoms with Crippen molar-refractivity contribution >= 4 is 11.6 Å². The number of nitrogens with zero attached hydrogens (tertiary/aromatic N) is 1. The van der Waals surface area contributed by atoms with E-state index in [0.717, 1.165) is 30.5 Å². The SMILES string of the molecule is CCC(CCN)CCC(=O)Nc1ccncc1C. The molecule has 0 aromatic carbocycles. The predicted octanol–water partition coefficient (Wildman–Crippen LogP) is 2.48. The Morgan fingerprint density at radius 3 is 2.89 bits per heavy atom. The number of carbonyl (C=O) groups is 1. The molecule has 0 aliphatic heterocycles. The molecule has 1 atom stereocenters. The maximum atomic E-state index is 11.8. The molecule has 1 unspecified atom stereocenters. The molecule has 1 aromatic heterocycles. The number of amides is 1. The highest BCUT2D eigenvalue weighted by molar-refractivity contribution is 5.91. The Labute approximate surface area is 109 Å². The van der Waals surface area contributed by atoms with Gasteiger partial charge in [-0.15, -0.1) is 0 Å². The van der Waals surface area contributed by atoms with Gasteiger partial charge in [0.05, 0.1) is 0 Å². The van der Waals surface area contributed by atoms with E-state index in [2.05, 4.69) is 17.2 Å². The van der Waals surface area contributed by atoms with Crippen molar-refractivity contribution < 1.29 is 4.79 Å².